The van der Waals surface area contributed by atoms with Crippen molar-refractivity contribution in [3.8, 4) is 5.75 Å². The Kier molecular flexibility index (Phi) is 7.41. The lowest BCUT2D eigenvalue weighted by atomic mass is 10.1. The van der Waals surface area contributed by atoms with E-state index in [-0.39, 0.29) is 12.3 Å². The molecule has 2 aromatic rings. The van der Waals surface area contributed by atoms with Crippen molar-refractivity contribution in [3.63, 3.8) is 0 Å². The number of amides is 1. The second-order valence-electron chi connectivity index (χ2n) is 7.30. The Hall–Kier alpha value is -2.68. The van der Waals surface area contributed by atoms with Crippen LogP contribution in [0.5, 0.6) is 5.75 Å². The molecule has 0 aliphatic rings. The predicted molar refractivity (Wildman–Crippen MR) is 112 cm³/mol. The average molecular weight is 441 g/mol. The van der Waals surface area contributed by atoms with E-state index in [1.165, 1.54) is 6.92 Å². The Bertz CT molecular complexity index is 1030. The molecule has 1 N–H and O–H groups in total. The van der Waals surface area contributed by atoms with Crippen LogP contribution in [0.2, 0.25) is 0 Å². The minimum Gasteiger partial charge on any atom is -0.491 e. The highest BCUT2D eigenvalue weighted by Crippen LogP contribution is 2.23. The standard InChI is InChI=1S/C21H26F2N2O4S/c1-13-6-8-18(10-14(13)2)29-12-15(3)24-21(26)16(4)25(30(5,27)28)17-7-9-19(22)20(23)11-17/h6-11,15-16H,12H2,1-5H3,(H,24,26)/t15-,16-/m1/s1. The van der Waals surface area contributed by atoms with Gasteiger partial charge in [-0.2, -0.15) is 0 Å². The predicted octanol–water partition coefficient (Wildman–Crippen LogP) is 3.32. The van der Waals surface area contributed by atoms with Crippen LogP contribution in [0.15, 0.2) is 36.4 Å². The third-order valence-electron chi connectivity index (χ3n) is 4.61. The Balaban J connectivity index is 2.08. The third-order valence-corrected chi connectivity index (χ3v) is 5.85. The largest absolute Gasteiger partial charge is 0.491 e. The van der Waals surface area contributed by atoms with Crippen molar-refractivity contribution in [2.45, 2.75) is 39.8 Å². The van der Waals surface area contributed by atoms with Crippen LogP contribution in [-0.2, 0) is 14.8 Å². The summed E-state index contributed by atoms with van der Waals surface area (Å²) in [5.74, 6) is -2.25. The number of carbonyl (C=O) groups is 1. The van der Waals surface area contributed by atoms with E-state index in [0.29, 0.717) is 5.75 Å². The molecule has 2 atom stereocenters. The van der Waals surface area contributed by atoms with E-state index in [4.69, 9.17) is 4.74 Å². The fourth-order valence-electron chi connectivity index (χ4n) is 2.86. The molecule has 2 rings (SSSR count). The molecular formula is C21H26F2N2O4S. The fourth-order valence-corrected chi connectivity index (χ4v) is 4.03. The SMILES string of the molecule is Cc1ccc(OC[C@@H](C)NC(=O)[C@@H](C)N(c2ccc(F)c(F)c2)S(C)(=O)=O)cc1C. The molecule has 2 aromatic carbocycles. The molecule has 0 saturated heterocycles. The maximum atomic E-state index is 13.6. The van der Waals surface area contributed by atoms with Crippen LogP contribution in [0, 0.1) is 25.5 Å². The lowest BCUT2D eigenvalue weighted by Crippen LogP contribution is -2.50. The van der Waals surface area contributed by atoms with Gasteiger partial charge in [0.1, 0.15) is 18.4 Å². The molecule has 0 spiro atoms. The van der Waals surface area contributed by atoms with E-state index < -0.39 is 39.6 Å². The normalized spacial score (nSPS) is 13.4. The molecule has 6 nitrogen and oxygen atoms in total. The maximum absolute atomic E-state index is 13.6. The molecular weight excluding hydrogens is 414 g/mol. The quantitative estimate of drug-likeness (QED) is 0.683. The van der Waals surface area contributed by atoms with Crippen LogP contribution in [0.3, 0.4) is 0 Å². The first kappa shape index (κ1) is 23.6. The van der Waals surface area contributed by atoms with Crippen molar-refractivity contribution in [3.05, 3.63) is 59.2 Å². The van der Waals surface area contributed by atoms with E-state index in [0.717, 1.165) is 39.9 Å². The van der Waals surface area contributed by atoms with Crippen molar-refractivity contribution >= 4 is 21.6 Å². The zero-order chi connectivity index (χ0) is 22.6. The number of carbonyl (C=O) groups excluding carboxylic acids is 1. The molecule has 0 radical (unpaired) electrons. The molecule has 0 fully saturated rings. The summed E-state index contributed by atoms with van der Waals surface area (Å²) in [5.41, 5.74) is 2.07. The molecule has 164 valence electrons. The smallest absolute Gasteiger partial charge is 0.243 e. The van der Waals surface area contributed by atoms with Crippen molar-refractivity contribution in [2.24, 2.45) is 0 Å². The monoisotopic (exact) mass is 440 g/mol. The number of nitrogens with one attached hydrogen (secondary N) is 1. The van der Waals surface area contributed by atoms with E-state index >= 15 is 0 Å². The van der Waals surface area contributed by atoms with Gasteiger partial charge in [-0.05, 0) is 63.1 Å². The number of benzene rings is 2. The first-order valence-electron chi connectivity index (χ1n) is 9.35. The number of rotatable bonds is 8. The molecule has 0 unspecified atom stereocenters. The molecule has 0 heterocycles. The molecule has 9 heteroatoms. The topological polar surface area (TPSA) is 75.7 Å². The second-order valence-corrected chi connectivity index (χ2v) is 9.16. The van der Waals surface area contributed by atoms with E-state index in [9.17, 15) is 22.0 Å². The molecule has 0 bridgehead atoms. The molecule has 0 aliphatic heterocycles. The summed E-state index contributed by atoms with van der Waals surface area (Å²) < 4.78 is 57.7. The van der Waals surface area contributed by atoms with Gasteiger partial charge in [-0.1, -0.05) is 6.07 Å². The van der Waals surface area contributed by atoms with E-state index in [1.807, 2.05) is 32.0 Å². The lowest BCUT2D eigenvalue weighted by Gasteiger charge is -2.29. The van der Waals surface area contributed by atoms with Gasteiger partial charge in [0.05, 0.1) is 18.0 Å². The zero-order valence-corrected chi connectivity index (χ0v) is 18.4. The minimum atomic E-state index is -3.94. The van der Waals surface area contributed by atoms with Gasteiger partial charge in [-0.15, -0.1) is 0 Å². The van der Waals surface area contributed by atoms with Gasteiger partial charge in [0.15, 0.2) is 11.6 Å². The third kappa shape index (κ3) is 5.91. The number of halogens is 2. The number of anilines is 1. The van der Waals surface area contributed by atoms with Crippen LogP contribution in [0.1, 0.15) is 25.0 Å². The van der Waals surface area contributed by atoms with Gasteiger partial charge >= 0.3 is 0 Å². The van der Waals surface area contributed by atoms with Crippen LogP contribution in [0.4, 0.5) is 14.5 Å². The Morgan fingerprint density at radius 2 is 1.73 bits per heavy atom. The Morgan fingerprint density at radius 1 is 1.07 bits per heavy atom. The van der Waals surface area contributed by atoms with Crippen LogP contribution >= 0.6 is 0 Å². The number of ether oxygens (including phenoxy) is 1. The van der Waals surface area contributed by atoms with Gasteiger partial charge < -0.3 is 10.1 Å². The van der Waals surface area contributed by atoms with Gasteiger partial charge in [0.25, 0.3) is 0 Å². The van der Waals surface area contributed by atoms with E-state index in [2.05, 4.69) is 5.32 Å². The van der Waals surface area contributed by atoms with Crippen molar-refractivity contribution < 1.29 is 26.7 Å². The summed E-state index contributed by atoms with van der Waals surface area (Å²) >= 11 is 0. The van der Waals surface area contributed by atoms with Crippen molar-refractivity contribution in [1.82, 2.24) is 5.32 Å². The fraction of sp³-hybridized carbons (Fsp3) is 0.381. The van der Waals surface area contributed by atoms with Crippen LogP contribution < -0.4 is 14.4 Å². The molecule has 0 saturated carbocycles. The first-order valence-corrected chi connectivity index (χ1v) is 11.2. The Labute approximate surface area is 175 Å². The van der Waals surface area contributed by atoms with Crippen molar-refractivity contribution in [1.29, 1.82) is 0 Å². The zero-order valence-electron chi connectivity index (χ0n) is 17.6. The molecule has 0 aromatic heterocycles. The van der Waals surface area contributed by atoms with Gasteiger partial charge in [0.2, 0.25) is 15.9 Å². The second kappa shape index (κ2) is 9.42. The summed E-state index contributed by atoms with van der Waals surface area (Å²) in [4.78, 5) is 12.6. The summed E-state index contributed by atoms with van der Waals surface area (Å²) in [6.07, 6.45) is 0.893. The maximum Gasteiger partial charge on any atom is 0.243 e. The summed E-state index contributed by atoms with van der Waals surface area (Å²) in [6, 6.07) is 6.70. The minimum absolute atomic E-state index is 0.141. The van der Waals surface area contributed by atoms with Gasteiger partial charge in [-0.3, -0.25) is 9.10 Å². The highest BCUT2D eigenvalue weighted by Gasteiger charge is 2.30. The van der Waals surface area contributed by atoms with Crippen LogP contribution in [-0.4, -0.2) is 39.3 Å². The summed E-state index contributed by atoms with van der Waals surface area (Å²) in [6.45, 7) is 7.21. The van der Waals surface area contributed by atoms with Crippen molar-refractivity contribution in [2.75, 3.05) is 17.2 Å². The van der Waals surface area contributed by atoms with Crippen LogP contribution in [0.25, 0.3) is 0 Å². The number of nitrogens with zero attached hydrogens (tertiary/aromatic N) is 1. The number of hydrogen-bond acceptors (Lipinski definition) is 4. The molecule has 1 amide bonds. The van der Waals surface area contributed by atoms with E-state index in [1.54, 1.807) is 6.92 Å². The number of aryl methyl sites for hydroxylation is 2. The number of hydrogen-bond donors (Lipinski definition) is 1. The summed E-state index contributed by atoms with van der Waals surface area (Å²) in [7, 11) is -3.94. The molecule has 30 heavy (non-hydrogen) atoms. The average Bonchev–Trinajstić information content (AvgIpc) is 2.64. The number of sulfonamides is 1. The Morgan fingerprint density at radius 3 is 2.30 bits per heavy atom. The lowest BCUT2D eigenvalue weighted by molar-refractivity contribution is -0.122. The highest BCUT2D eigenvalue weighted by molar-refractivity contribution is 7.92. The van der Waals surface area contributed by atoms with Gasteiger partial charge in [0, 0.05) is 6.07 Å². The first-order chi connectivity index (χ1) is 13.9. The highest BCUT2D eigenvalue weighted by atomic mass is 32.2. The van der Waals surface area contributed by atoms with Gasteiger partial charge in [-0.25, -0.2) is 17.2 Å². The molecule has 0 aliphatic carbocycles. The summed E-state index contributed by atoms with van der Waals surface area (Å²) in [5, 5.41) is 2.69.